The van der Waals surface area contributed by atoms with Gasteiger partial charge in [0.15, 0.2) is 0 Å². The van der Waals surface area contributed by atoms with Crippen LogP contribution in [0.3, 0.4) is 0 Å². The summed E-state index contributed by atoms with van der Waals surface area (Å²) in [7, 11) is 1.51. The van der Waals surface area contributed by atoms with E-state index in [4.69, 9.17) is 9.47 Å². The molecule has 0 fully saturated rings. The fraction of sp³-hybridized carbons (Fsp3) is 0.120. The number of ether oxygens (including phenoxy) is 2. The standard InChI is InChI=1S/C25H21FN2O4/c1-3-32-20-13-7-16(8-14-20)22-23(27-18-11-9-17(26)10-12-18)25(30)28(24(22)29)19-5-4-6-21(15-19)31-2/h4-15,27H,3H2,1-2H3. The number of amides is 2. The monoisotopic (exact) mass is 432 g/mol. The average molecular weight is 432 g/mol. The molecule has 0 unspecified atom stereocenters. The molecule has 1 N–H and O–H groups in total. The molecule has 4 rings (SSSR count). The van der Waals surface area contributed by atoms with Crippen LogP contribution in [0.4, 0.5) is 15.8 Å². The van der Waals surface area contributed by atoms with Crippen molar-refractivity contribution in [2.75, 3.05) is 23.9 Å². The smallest absolute Gasteiger partial charge is 0.282 e. The number of nitrogens with zero attached hydrogens (tertiary/aromatic N) is 1. The average Bonchev–Trinajstić information content (AvgIpc) is 3.05. The molecule has 0 saturated carbocycles. The van der Waals surface area contributed by atoms with E-state index in [0.29, 0.717) is 35.0 Å². The Morgan fingerprint density at radius 3 is 2.28 bits per heavy atom. The molecule has 1 heterocycles. The summed E-state index contributed by atoms with van der Waals surface area (Å²) in [6.07, 6.45) is 0. The Bertz CT molecular complexity index is 1190. The molecule has 6 nitrogen and oxygen atoms in total. The van der Waals surface area contributed by atoms with Crippen molar-refractivity contribution in [3.05, 3.63) is 89.9 Å². The summed E-state index contributed by atoms with van der Waals surface area (Å²) < 4.78 is 24.1. The number of halogens is 1. The molecule has 0 spiro atoms. The number of rotatable bonds is 7. The molecule has 1 aliphatic rings. The summed E-state index contributed by atoms with van der Waals surface area (Å²) in [6.45, 7) is 2.40. The van der Waals surface area contributed by atoms with Crippen LogP contribution in [0.2, 0.25) is 0 Å². The van der Waals surface area contributed by atoms with Gasteiger partial charge in [-0.25, -0.2) is 9.29 Å². The van der Waals surface area contributed by atoms with E-state index >= 15 is 0 Å². The molecule has 0 atom stereocenters. The zero-order valence-corrected chi connectivity index (χ0v) is 17.6. The summed E-state index contributed by atoms with van der Waals surface area (Å²) in [5.74, 6) is -0.214. The van der Waals surface area contributed by atoms with Crippen LogP contribution in [0.5, 0.6) is 11.5 Å². The highest BCUT2D eigenvalue weighted by Gasteiger charge is 2.40. The van der Waals surface area contributed by atoms with E-state index in [2.05, 4.69) is 5.32 Å². The van der Waals surface area contributed by atoms with Crippen molar-refractivity contribution in [2.45, 2.75) is 6.92 Å². The number of nitrogens with one attached hydrogen (secondary N) is 1. The van der Waals surface area contributed by atoms with Crippen molar-refractivity contribution in [2.24, 2.45) is 0 Å². The summed E-state index contributed by atoms with van der Waals surface area (Å²) in [6, 6.07) is 19.2. The quantitative estimate of drug-likeness (QED) is 0.552. The molecular weight excluding hydrogens is 411 g/mol. The first kappa shape index (κ1) is 21.1. The lowest BCUT2D eigenvalue weighted by atomic mass is 10.0. The first-order valence-electron chi connectivity index (χ1n) is 10.0. The Morgan fingerprint density at radius 2 is 1.62 bits per heavy atom. The van der Waals surface area contributed by atoms with E-state index in [1.54, 1.807) is 48.5 Å². The Morgan fingerprint density at radius 1 is 0.906 bits per heavy atom. The molecule has 0 bridgehead atoms. The van der Waals surface area contributed by atoms with E-state index < -0.39 is 17.6 Å². The second-order valence-electron chi connectivity index (χ2n) is 6.99. The van der Waals surface area contributed by atoms with Crippen molar-refractivity contribution in [1.29, 1.82) is 0 Å². The van der Waals surface area contributed by atoms with Crippen LogP contribution < -0.4 is 19.7 Å². The second kappa shape index (κ2) is 8.93. The van der Waals surface area contributed by atoms with Gasteiger partial charge in [-0.3, -0.25) is 9.59 Å². The normalized spacial score (nSPS) is 13.5. The highest BCUT2D eigenvalue weighted by Crippen LogP contribution is 2.35. The van der Waals surface area contributed by atoms with Gasteiger partial charge in [0.05, 0.1) is 25.0 Å². The van der Waals surface area contributed by atoms with Crippen LogP contribution in [-0.2, 0) is 9.59 Å². The van der Waals surface area contributed by atoms with Crippen molar-refractivity contribution < 1.29 is 23.5 Å². The molecule has 0 aromatic heterocycles. The number of hydrogen-bond acceptors (Lipinski definition) is 5. The summed E-state index contributed by atoms with van der Waals surface area (Å²) in [5, 5.41) is 3.00. The fourth-order valence-corrected chi connectivity index (χ4v) is 3.46. The minimum atomic E-state index is -0.517. The van der Waals surface area contributed by atoms with Gasteiger partial charge in [0.25, 0.3) is 11.8 Å². The van der Waals surface area contributed by atoms with Gasteiger partial charge in [0, 0.05) is 11.8 Å². The Hall–Kier alpha value is -4.13. The van der Waals surface area contributed by atoms with Gasteiger partial charge in [-0.1, -0.05) is 18.2 Å². The van der Waals surface area contributed by atoms with Crippen molar-refractivity contribution in [1.82, 2.24) is 0 Å². The lowest BCUT2D eigenvalue weighted by Gasteiger charge is -2.16. The van der Waals surface area contributed by atoms with Crippen LogP contribution in [0, 0.1) is 5.82 Å². The lowest BCUT2D eigenvalue weighted by Crippen LogP contribution is -2.32. The number of imide groups is 1. The Balaban J connectivity index is 1.78. The molecular formula is C25H21FN2O4. The van der Waals surface area contributed by atoms with Crippen LogP contribution in [0.15, 0.2) is 78.5 Å². The molecule has 0 saturated heterocycles. The third-order valence-corrected chi connectivity index (χ3v) is 4.96. The number of carbonyl (C=O) groups excluding carboxylic acids is 2. The lowest BCUT2D eigenvalue weighted by molar-refractivity contribution is -0.120. The third kappa shape index (κ3) is 4.05. The molecule has 3 aromatic rings. The highest BCUT2D eigenvalue weighted by molar-refractivity contribution is 6.46. The Labute approximate surface area is 184 Å². The number of anilines is 2. The van der Waals surface area contributed by atoms with E-state index in [1.807, 2.05) is 6.92 Å². The Kier molecular flexibility index (Phi) is 5.89. The molecule has 0 aliphatic carbocycles. The van der Waals surface area contributed by atoms with Gasteiger partial charge < -0.3 is 14.8 Å². The summed E-state index contributed by atoms with van der Waals surface area (Å²) in [4.78, 5) is 27.9. The molecule has 7 heteroatoms. The maximum absolute atomic E-state index is 13.5. The fourth-order valence-electron chi connectivity index (χ4n) is 3.46. The van der Waals surface area contributed by atoms with E-state index in [-0.39, 0.29) is 11.3 Å². The van der Waals surface area contributed by atoms with Crippen LogP contribution in [-0.4, -0.2) is 25.5 Å². The number of hydrogen-bond donors (Lipinski definition) is 1. The van der Waals surface area contributed by atoms with Crippen molar-refractivity contribution in [3.8, 4) is 11.5 Å². The summed E-state index contributed by atoms with van der Waals surface area (Å²) in [5.41, 5.74) is 1.75. The van der Waals surface area contributed by atoms with Gasteiger partial charge in [0.2, 0.25) is 0 Å². The minimum absolute atomic E-state index is 0.105. The topological polar surface area (TPSA) is 67.9 Å². The predicted molar refractivity (Wildman–Crippen MR) is 120 cm³/mol. The van der Waals surface area contributed by atoms with E-state index in [0.717, 1.165) is 4.90 Å². The summed E-state index contributed by atoms with van der Waals surface area (Å²) >= 11 is 0. The van der Waals surface area contributed by atoms with Gasteiger partial charge in [-0.2, -0.15) is 0 Å². The molecule has 162 valence electrons. The number of methoxy groups -OCH3 is 1. The molecule has 0 radical (unpaired) electrons. The van der Waals surface area contributed by atoms with Crippen LogP contribution in [0.1, 0.15) is 12.5 Å². The van der Waals surface area contributed by atoms with E-state index in [9.17, 15) is 14.0 Å². The minimum Gasteiger partial charge on any atom is -0.497 e. The van der Waals surface area contributed by atoms with Crippen molar-refractivity contribution >= 4 is 28.8 Å². The highest BCUT2D eigenvalue weighted by atomic mass is 19.1. The zero-order valence-electron chi connectivity index (χ0n) is 17.6. The first-order valence-corrected chi connectivity index (χ1v) is 10.0. The third-order valence-electron chi connectivity index (χ3n) is 4.96. The van der Waals surface area contributed by atoms with E-state index in [1.165, 1.54) is 31.4 Å². The molecule has 32 heavy (non-hydrogen) atoms. The maximum atomic E-state index is 13.5. The maximum Gasteiger partial charge on any atom is 0.282 e. The van der Waals surface area contributed by atoms with Gasteiger partial charge >= 0.3 is 0 Å². The van der Waals surface area contributed by atoms with Gasteiger partial charge in [-0.15, -0.1) is 0 Å². The predicted octanol–water partition coefficient (Wildman–Crippen LogP) is 4.63. The van der Waals surface area contributed by atoms with Gasteiger partial charge in [0.1, 0.15) is 23.0 Å². The first-order chi connectivity index (χ1) is 15.5. The number of carbonyl (C=O) groups is 2. The van der Waals surface area contributed by atoms with Crippen LogP contribution in [0.25, 0.3) is 5.57 Å². The SMILES string of the molecule is CCOc1ccc(C2=C(Nc3ccc(F)cc3)C(=O)N(c3cccc(OC)c3)C2=O)cc1. The van der Waals surface area contributed by atoms with Crippen molar-refractivity contribution in [3.63, 3.8) is 0 Å². The molecule has 3 aromatic carbocycles. The molecule has 1 aliphatic heterocycles. The molecule has 2 amide bonds. The number of benzene rings is 3. The second-order valence-corrected chi connectivity index (χ2v) is 6.99. The zero-order chi connectivity index (χ0) is 22.7. The van der Waals surface area contributed by atoms with Crippen LogP contribution >= 0.6 is 0 Å². The largest absolute Gasteiger partial charge is 0.497 e. The van der Waals surface area contributed by atoms with Gasteiger partial charge in [-0.05, 0) is 61.0 Å².